The molecule has 2 rings (SSSR count). The van der Waals surface area contributed by atoms with Crippen molar-refractivity contribution in [3.63, 3.8) is 0 Å². The summed E-state index contributed by atoms with van der Waals surface area (Å²) >= 11 is 0. The number of nitrogens with one attached hydrogen (secondary N) is 1. The van der Waals surface area contributed by atoms with Crippen LogP contribution in [0.2, 0.25) is 0 Å². The third-order valence-corrected chi connectivity index (χ3v) is 4.07. The van der Waals surface area contributed by atoms with E-state index in [9.17, 15) is 4.79 Å². The van der Waals surface area contributed by atoms with E-state index in [0.717, 1.165) is 50.1 Å². The highest BCUT2D eigenvalue weighted by Gasteiger charge is 2.22. The summed E-state index contributed by atoms with van der Waals surface area (Å²) in [5, 5.41) is 2.96. The second-order valence-electron chi connectivity index (χ2n) is 5.64. The smallest absolute Gasteiger partial charge is 0.321 e. The highest BCUT2D eigenvalue weighted by Crippen LogP contribution is 2.26. The van der Waals surface area contributed by atoms with E-state index in [2.05, 4.69) is 5.32 Å². The van der Waals surface area contributed by atoms with Crippen molar-refractivity contribution in [2.24, 2.45) is 11.7 Å². The Morgan fingerprint density at radius 2 is 2.14 bits per heavy atom. The van der Waals surface area contributed by atoms with Gasteiger partial charge < -0.3 is 20.7 Å². The second kappa shape index (κ2) is 7.31. The molecule has 0 radical (unpaired) electrons. The number of hydrogen-bond acceptors (Lipinski definition) is 3. The quantitative estimate of drug-likeness (QED) is 0.896. The van der Waals surface area contributed by atoms with E-state index in [1.807, 2.05) is 30.0 Å². The first-order valence-electron chi connectivity index (χ1n) is 7.54. The number of nitrogens with zero attached hydrogens (tertiary/aromatic N) is 1. The number of carbonyl (C=O) groups is 1. The van der Waals surface area contributed by atoms with Crippen molar-refractivity contribution >= 4 is 11.7 Å². The summed E-state index contributed by atoms with van der Waals surface area (Å²) in [6.07, 6.45) is 3.13. The molecule has 0 saturated carbocycles. The van der Waals surface area contributed by atoms with Crippen LogP contribution >= 0.6 is 0 Å². The standard InChI is InChI=1S/C16H25N3O2/c1-12-3-4-15(21-2)14(11-12)18-16(20)19-9-6-13(5-8-17)7-10-19/h3-4,11,13H,5-10,17H2,1-2H3,(H,18,20). The van der Waals surface area contributed by atoms with E-state index in [4.69, 9.17) is 10.5 Å². The first-order chi connectivity index (χ1) is 10.1. The third kappa shape index (κ3) is 4.11. The Morgan fingerprint density at radius 1 is 1.43 bits per heavy atom. The molecular weight excluding hydrogens is 266 g/mol. The zero-order valence-electron chi connectivity index (χ0n) is 12.9. The van der Waals surface area contributed by atoms with Crippen LogP contribution in [0.5, 0.6) is 5.75 Å². The molecule has 3 N–H and O–H groups in total. The molecule has 0 aromatic heterocycles. The molecular formula is C16H25N3O2. The van der Waals surface area contributed by atoms with Gasteiger partial charge in [0.05, 0.1) is 12.8 Å². The minimum atomic E-state index is -0.0508. The van der Waals surface area contributed by atoms with Crippen LogP contribution in [0, 0.1) is 12.8 Å². The average Bonchev–Trinajstić information content (AvgIpc) is 2.48. The number of urea groups is 1. The number of nitrogens with two attached hydrogens (primary N) is 1. The molecule has 1 fully saturated rings. The predicted octanol–water partition coefficient (Wildman–Crippen LogP) is 2.60. The van der Waals surface area contributed by atoms with Crippen LogP contribution in [-0.4, -0.2) is 37.7 Å². The molecule has 116 valence electrons. The number of methoxy groups -OCH3 is 1. The van der Waals surface area contributed by atoms with Gasteiger partial charge in [0.25, 0.3) is 0 Å². The van der Waals surface area contributed by atoms with E-state index in [0.29, 0.717) is 11.7 Å². The summed E-state index contributed by atoms with van der Waals surface area (Å²) in [6.45, 7) is 4.32. The van der Waals surface area contributed by atoms with Crippen molar-refractivity contribution in [3.8, 4) is 5.75 Å². The Balaban J connectivity index is 1.95. The topological polar surface area (TPSA) is 67.6 Å². The van der Waals surface area contributed by atoms with Crippen LogP contribution in [0.15, 0.2) is 18.2 Å². The van der Waals surface area contributed by atoms with E-state index in [1.54, 1.807) is 7.11 Å². The lowest BCUT2D eigenvalue weighted by molar-refractivity contribution is 0.180. The number of amides is 2. The van der Waals surface area contributed by atoms with Crippen LogP contribution in [0.3, 0.4) is 0 Å². The van der Waals surface area contributed by atoms with Crippen molar-refractivity contribution in [2.45, 2.75) is 26.2 Å². The molecule has 5 nitrogen and oxygen atoms in total. The van der Waals surface area contributed by atoms with Gasteiger partial charge in [-0.1, -0.05) is 6.07 Å². The molecule has 1 aromatic carbocycles. The van der Waals surface area contributed by atoms with Gasteiger partial charge in [0, 0.05) is 13.1 Å². The Morgan fingerprint density at radius 3 is 2.76 bits per heavy atom. The second-order valence-corrected chi connectivity index (χ2v) is 5.64. The van der Waals surface area contributed by atoms with Gasteiger partial charge in [-0.25, -0.2) is 4.79 Å². The number of carbonyl (C=O) groups excluding carboxylic acids is 1. The van der Waals surface area contributed by atoms with E-state index >= 15 is 0 Å². The first-order valence-corrected chi connectivity index (χ1v) is 7.54. The molecule has 1 heterocycles. The molecule has 21 heavy (non-hydrogen) atoms. The number of likely N-dealkylation sites (tertiary alicyclic amines) is 1. The zero-order chi connectivity index (χ0) is 15.2. The maximum Gasteiger partial charge on any atom is 0.321 e. The Hall–Kier alpha value is -1.75. The highest BCUT2D eigenvalue weighted by atomic mass is 16.5. The summed E-state index contributed by atoms with van der Waals surface area (Å²) in [7, 11) is 1.61. The normalized spacial score (nSPS) is 15.9. The fourth-order valence-electron chi connectivity index (χ4n) is 2.77. The lowest BCUT2D eigenvalue weighted by Crippen LogP contribution is -2.41. The van der Waals surface area contributed by atoms with Crippen molar-refractivity contribution in [2.75, 3.05) is 32.1 Å². The lowest BCUT2D eigenvalue weighted by atomic mass is 9.94. The minimum absolute atomic E-state index is 0.0508. The Kier molecular flexibility index (Phi) is 5.44. The Bertz CT molecular complexity index is 482. The molecule has 0 spiro atoms. The molecule has 1 aliphatic rings. The van der Waals surface area contributed by atoms with Crippen LogP contribution < -0.4 is 15.8 Å². The Labute approximate surface area is 126 Å². The number of ether oxygens (including phenoxy) is 1. The zero-order valence-corrected chi connectivity index (χ0v) is 12.9. The summed E-state index contributed by atoms with van der Waals surface area (Å²) in [5.74, 6) is 1.35. The lowest BCUT2D eigenvalue weighted by Gasteiger charge is -2.32. The number of anilines is 1. The summed E-state index contributed by atoms with van der Waals surface area (Å²) < 4.78 is 5.29. The van der Waals surface area contributed by atoms with Crippen molar-refractivity contribution in [3.05, 3.63) is 23.8 Å². The number of aryl methyl sites for hydroxylation is 1. The fraction of sp³-hybridized carbons (Fsp3) is 0.562. The maximum absolute atomic E-state index is 12.3. The van der Waals surface area contributed by atoms with Gasteiger partial charge in [-0.3, -0.25) is 0 Å². The molecule has 0 unspecified atom stereocenters. The van der Waals surface area contributed by atoms with E-state index in [-0.39, 0.29) is 6.03 Å². The van der Waals surface area contributed by atoms with Crippen molar-refractivity contribution in [1.82, 2.24) is 4.90 Å². The van der Waals surface area contributed by atoms with Gasteiger partial charge in [0.2, 0.25) is 0 Å². The number of rotatable bonds is 4. The number of hydrogen-bond donors (Lipinski definition) is 2. The molecule has 1 saturated heterocycles. The molecule has 1 aliphatic heterocycles. The third-order valence-electron chi connectivity index (χ3n) is 4.07. The monoisotopic (exact) mass is 291 g/mol. The fourth-order valence-corrected chi connectivity index (χ4v) is 2.77. The van der Waals surface area contributed by atoms with Crippen LogP contribution in [0.4, 0.5) is 10.5 Å². The van der Waals surface area contributed by atoms with Crippen molar-refractivity contribution in [1.29, 1.82) is 0 Å². The summed E-state index contributed by atoms with van der Waals surface area (Å²) in [5.41, 5.74) is 7.41. The predicted molar refractivity (Wildman–Crippen MR) is 84.7 cm³/mol. The summed E-state index contributed by atoms with van der Waals surface area (Å²) in [4.78, 5) is 14.2. The average molecular weight is 291 g/mol. The SMILES string of the molecule is COc1ccc(C)cc1NC(=O)N1CCC(CCN)CC1. The van der Waals surface area contributed by atoms with Crippen LogP contribution in [-0.2, 0) is 0 Å². The summed E-state index contributed by atoms with van der Waals surface area (Å²) in [6, 6.07) is 5.72. The van der Waals surface area contributed by atoms with Gasteiger partial charge in [-0.05, 0) is 56.3 Å². The van der Waals surface area contributed by atoms with Crippen LogP contribution in [0.25, 0.3) is 0 Å². The van der Waals surface area contributed by atoms with Gasteiger partial charge in [0.15, 0.2) is 0 Å². The molecule has 5 heteroatoms. The highest BCUT2D eigenvalue weighted by molar-refractivity contribution is 5.91. The molecule has 0 bridgehead atoms. The van der Waals surface area contributed by atoms with Gasteiger partial charge >= 0.3 is 6.03 Å². The van der Waals surface area contributed by atoms with E-state index in [1.165, 1.54) is 0 Å². The van der Waals surface area contributed by atoms with Crippen molar-refractivity contribution < 1.29 is 9.53 Å². The molecule has 0 aliphatic carbocycles. The van der Waals surface area contributed by atoms with E-state index < -0.39 is 0 Å². The number of benzene rings is 1. The number of piperidine rings is 1. The van der Waals surface area contributed by atoms with Gasteiger partial charge in [0.1, 0.15) is 5.75 Å². The van der Waals surface area contributed by atoms with Gasteiger partial charge in [-0.15, -0.1) is 0 Å². The van der Waals surface area contributed by atoms with Gasteiger partial charge in [-0.2, -0.15) is 0 Å². The maximum atomic E-state index is 12.3. The minimum Gasteiger partial charge on any atom is -0.495 e. The molecule has 1 aromatic rings. The molecule has 2 amide bonds. The molecule has 0 atom stereocenters. The first kappa shape index (κ1) is 15.6. The largest absolute Gasteiger partial charge is 0.495 e. The van der Waals surface area contributed by atoms with Crippen LogP contribution in [0.1, 0.15) is 24.8 Å².